The van der Waals surface area contributed by atoms with E-state index in [0.29, 0.717) is 22.9 Å². The zero-order valence-electron chi connectivity index (χ0n) is 12.1. The van der Waals surface area contributed by atoms with Gasteiger partial charge in [0.05, 0.1) is 0 Å². The van der Waals surface area contributed by atoms with E-state index in [2.05, 4.69) is 33.0 Å². The lowest BCUT2D eigenvalue weighted by Gasteiger charge is -2.44. The summed E-state index contributed by atoms with van der Waals surface area (Å²) in [7, 11) is 0. The van der Waals surface area contributed by atoms with Gasteiger partial charge in [0.2, 0.25) is 0 Å². The van der Waals surface area contributed by atoms with E-state index < -0.39 is 5.97 Å². The van der Waals surface area contributed by atoms with Crippen LogP contribution in [0.4, 0.5) is 0 Å². The summed E-state index contributed by atoms with van der Waals surface area (Å²) in [6.07, 6.45) is 5.02. The highest BCUT2D eigenvalue weighted by atomic mass is 16.4. The first kappa shape index (κ1) is 13.9. The summed E-state index contributed by atoms with van der Waals surface area (Å²) in [5, 5.41) is 12.5. The Labute approximate surface area is 110 Å². The van der Waals surface area contributed by atoms with Crippen molar-refractivity contribution in [2.75, 3.05) is 0 Å². The minimum Gasteiger partial charge on any atom is -0.481 e. The predicted molar refractivity (Wildman–Crippen MR) is 72.5 cm³/mol. The highest BCUT2D eigenvalue weighted by molar-refractivity contribution is 5.66. The van der Waals surface area contributed by atoms with E-state index in [1.165, 1.54) is 19.3 Å². The summed E-state index contributed by atoms with van der Waals surface area (Å²) in [6, 6.07) is 0.828. The van der Waals surface area contributed by atoms with Crippen LogP contribution in [-0.4, -0.2) is 23.2 Å². The zero-order chi connectivity index (χ0) is 13.6. The van der Waals surface area contributed by atoms with Crippen molar-refractivity contribution >= 4 is 5.97 Å². The van der Waals surface area contributed by atoms with Crippen LogP contribution < -0.4 is 5.32 Å². The van der Waals surface area contributed by atoms with Crippen LogP contribution in [0.1, 0.15) is 59.8 Å². The molecular formula is C15H27NO2. The summed E-state index contributed by atoms with van der Waals surface area (Å²) >= 11 is 0. The van der Waals surface area contributed by atoms with Gasteiger partial charge in [-0.25, -0.2) is 0 Å². The Bertz CT molecular complexity index is 335. The Morgan fingerprint density at radius 3 is 2.61 bits per heavy atom. The number of fused-ring (bicyclic) bond motifs is 2. The molecule has 2 fully saturated rings. The number of carboxylic acids is 1. The van der Waals surface area contributed by atoms with Gasteiger partial charge in [-0.15, -0.1) is 0 Å². The zero-order valence-corrected chi connectivity index (χ0v) is 12.1. The fourth-order valence-electron chi connectivity index (χ4n) is 4.43. The molecule has 2 aliphatic carbocycles. The summed E-state index contributed by atoms with van der Waals surface area (Å²) in [6.45, 7) is 9.28. The third kappa shape index (κ3) is 2.29. The molecule has 0 amide bonds. The first-order valence-electron chi connectivity index (χ1n) is 7.23. The molecule has 18 heavy (non-hydrogen) atoms. The Morgan fingerprint density at radius 2 is 2.11 bits per heavy atom. The van der Waals surface area contributed by atoms with Crippen LogP contribution in [0.2, 0.25) is 0 Å². The molecule has 0 aliphatic heterocycles. The lowest BCUT2D eigenvalue weighted by molar-refractivity contribution is -0.137. The number of nitrogens with one attached hydrogen (secondary N) is 1. The third-order valence-corrected chi connectivity index (χ3v) is 5.51. The average molecular weight is 253 g/mol. The van der Waals surface area contributed by atoms with Crippen LogP contribution in [0.25, 0.3) is 0 Å². The van der Waals surface area contributed by atoms with Gasteiger partial charge in [-0.05, 0) is 49.4 Å². The van der Waals surface area contributed by atoms with Gasteiger partial charge >= 0.3 is 5.97 Å². The van der Waals surface area contributed by atoms with E-state index in [4.69, 9.17) is 5.11 Å². The number of hydrogen-bond donors (Lipinski definition) is 2. The molecule has 0 radical (unpaired) electrons. The fourth-order valence-corrected chi connectivity index (χ4v) is 4.43. The fraction of sp³-hybridized carbons (Fsp3) is 0.933. The summed E-state index contributed by atoms with van der Waals surface area (Å²) in [5.74, 6) is 0.147. The monoisotopic (exact) mass is 253 g/mol. The highest BCUT2D eigenvalue weighted by Crippen LogP contribution is 2.62. The van der Waals surface area contributed by atoms with Gasteiger partial charge in [-0.2, -0.15) is 0 Å². The molecule has 4 unspecified atom stereocenters. The van der Waals surface area contributed by atoms with Crippen LogP contribution in [0.15, 0.2) is 0 Å². The molecule has 2 rings (SSSR count). The molecule has 2 N–H and O–H groups in total. The van der Waals surface area contributed by atoms with Crippen molar-refractivity contribution in [2.24, 2.45) is 16.7 Å². The van der Waals surface area contributed by atoms with Crippen LogP contribution in [0.3, 0.4) is 0 Å². The number of carboxylic acid groups (broad SMARTS) is 1. The molecule has 3 nitrogen and oxygen atoms in total. The first-order chi connectivity index (χ1) is 8.25. The van der Waals surface area contributed by atoms with E-state index in [1.807, 2.05) is 0 Å². The smallest absolute Gasteiger partial charge is 0.303 e. The molecule has 3 heteroatoms. The molecule has 2 aliphatic rings. The normalized spacial score (nSPS) is 38.9. The van der Waals surface area contributed by atoms with Crippen molar-refractivity contribution in [3.05, 3.63) is 0 Å². The van der Waals surface area contributed by atoms with Crippen LogP contribution >= 0.6 is 0 Å². The van der Waals surface area contributed by atoms with Gasteiger partial charge < -0.3 is 10.4 Å². The largest absolute Gasteiger partial charge is 0.481 e. The molecule has 0 spiro atoms. The van der Waals surface area contributed by atoms with Gasteiger partial charge in [0.1, 0.15) is 0 Å². The van der Waals surface area contributed by atoms with Crippen LogP contribution in [0.5, 0.6) is 0 Å². The van der Waals surface area contributed by atoms with Gasteiger partial charge in [-0.3, -0.25) is 4.79 Å². The molecule has 104 valence electrons. The summed E-state index contributed by atoms with van der Waals surface area (Å²) < 4.78 is 0. The molecule has 4 atom stereocenters. The molecule has 2 saturated carbocycles. The van der Waals surface area contributed by atoms with Crippen molar-refractivity contribution in [1.82, 2.24) is 5.32 Å². The Balaban J connectivity index is 1.98. The number of aliphatic carboxylic acids is 1. The van der Waals surface area contributed by atoms with Crippen molar-refractivity contribution in [3.8, 4) is 0 Å². The number of rotatable bonds is 5. The van der Waals surface area contributed by atoms with Crippen molar-refractivity contribution in [3.63, 3.8) is 0 Å². The molecule has 0 saturated heterocycles. The maximum Gasteiger partial charge on any atom is 0.303 e. The van der Waals surface area contributed by atoms with Crippen LogP contribution in [0, 0.1) is 16.7 Å². The summed E-state index contributed by atoms with van der Waals surface area (Å²) in [5.41, 5.74) is 0.774. The van der Waals surface area contributed by atoms with Gasteiger partial charge in [0, 0.05) is 18.5 Å². The van der Waals surface area contributed by atoms with E-state index in [9.17, 15) is 4.79 Å². The molecule has 0 aromatic rings. The third-order valence-electron chi connectivity index (χ3n) is 5.51. The maximum atomic E-state index is 10.6. The van der Waals surface area contributed by atoms with Crippen molar-refractivity contribution in [1.29, 1.82) is 0 Å². The molecular weight excluding hydrogens is 226 g/mol. The lowest BCUT2D eigenvalue weighted by atomic mass is 9.68. The Kier molecular flexibility index (Phi) is 3.48. The van der Waals surface area contributed by atoms with Crippen molar-refractivity contribution in [2.45, 2.75) is 71.9 Å². The average Bonchev–Trinajstić information content (AvgIpc) is 2.73. The highest BCUT2D eigenvalue weighted by Gasteiger charge is 2.59. The molecule has 0 heterocycles. The van der Waals surface area contributed by atoms with Crippen molar-refractivity contribution < 1.29 is 9.90 Å². The second-order valence-electron chi connectivity index (χ2n) is 7.35. The number of hydrogen-bond acceptors (Lipinski definition) is 2. The van der Waals surface area contributed by atoms with E-state index in [1.54, 1.807) is 0 Å². The lowest BCUT2D eigenvalue weighted by Crippen LogP contribution is -2.53. The Morgan fingerprint density at radius 1 is 1.44 bits per heavy atom. The second-order valence-corrected chi connectivity index (χ2v) is 7.35. The quantitative estimate of drug-likeness (QED) is 0.791. The molecule has 2 bridgehead atoms. The minimum absolute atomic E-state index is 0.265. The Hall–Kier alpha value is -0.570. The van der Waals surface area contributed by atoms with Crippen LogP contribution in [-0.2, 0) is 4.79 Å². The van der Waals surface area contributed by atoms with Gasteiger partial charge in [-0.1, -0.05) is 20.8 Å². The standard InChI is InChI=1S/C15H27NO2/c1-10(5-6-12(17)18)16-13-14(2,3)11-7-8-15(13,4)9-11/h10-11,13,16H,5-9H2,1-4H3,(H,17,18). The second kappa shape index (κ2) is 4.52. The molecule has 0 aromatic heterocycles. The predicted octanol–water partition coefficient (Wildman–Crippen LogP) is 3.04. The summed E-state index contributed by atoms with van der Waals surface area (Å²) in [4.78, 5) is 10.6. The minimum atomic E-state index is -0.693. The maximum absolute atomic E-state index is 10.6. The van der Waals surface area contributed by atoms with E-state index in [0.717, 1.165) is 12.3 Å². The van der Waals surface area contributed by atoms with E-state index in [-0.39, 0.29) is 6.42 Å². The SMILES string of the molecule is CC(CCC(=O)O)NC1C2(C)CCC(C2)C1(C)C. The number of carbonyl (C=O) groups is 1. The van der Waals surface area contributed by atoms with Gasteiger partial charge in [0.25, 0.3) is 0 Å². The topological polar surface area (TPSA) is 49.3 Å². The molecule has 0 aromatic carbocycles. The first-order valence-corrected chi connectivity index (χ1v) is 7.23. The van der Waals surface area contributed by atoms with E-state index >= 15 is 0 Å². The van der Waals surface area contributed by atoms with Gasteiger partial charge in [0.15, 0.2) is 0 Å².